The van der Waals surface area contributed by atoms with Crippen molar-refractivity contribution in [3.8, 4) is 0 Å². The van der Waals surface area contributed by atoms with E-state index >= 15 is 0 Å². The molecule has 0 radical (unpaired) electrons. The van der Waals surface area contributed by atoms with E-state index in [-0.39, 0.29) is 74.5 Å². The first-order valence-electron chi connectivity index (χ1n) is 23.8. The molecule has 1 aromatic rings. The average Bonchev–Trinajstić information content (AvgIpc) is 3.80. The monoisotopic (exact) mass is 961 g/mol. The fourth-order valence-electron chi connectivity index (χ4n) is 8.74. The van der Waals surface area contributed by atoms with Crippen LogP contribution in [-0.4, -0.2) is 179 Å². The van der Waals surface area contributed by atoms with Crippen molar-refractivity contribution < 1.29 is 57.6 Å². The Kier molecular flexibility index (Phi) is 27.3. The molecule has 20 heteroatoms. The minimum absolute atomic E-state index is 0.0274. The molecule has 1 fully saturated rings. The van der Waals surface area contributed by atoms with Crippen molar-refractivity contribution in [2.75, 3.05) is 81.0 Å². The fourth-order valence-corrected chi connectivity index (χ4v) is 8.74. The van der Waals surface area contributed by atoms with E-state index in [0.717, 1.165) is 5.56 Å². The molecule has 20 nitrogen and oxygen atoms in total. The number of ether oxygens (including phenoxy) is 5. The van der Waals surface area contributed by atoms with Gasteiger partial charge in [-0.05, 0) is 41.7 Å². The third-order valence-electron chi connectivity index (χ3n) is 12.7. The van der Waals surface area contributed by atoms with E-state index in [4.69, 9.17) is 29.2 Å². The number of carboxylic acids is 1. The van der Waals surface area contributed by atoms with Crippen LogP contribution in [0.25, 0.3) is 10.4 Å². The van der Waals surface area contributed by atoms with Gasteiger partial charge in [-0.25, -0.2) is 4.79 Å². The average molecular weight is 961 g/mol. The summed E-state index contributed by atoms with van der Waals surface area (Å²) in [6, 6.07) is 4.96. The van der Waals surface area contributed by atoms with E-state index in [1.165, 1.54) is 19.1 Å². The Bertz CT molecular complexity index is 1770. The number of likely N-dealkylation sites (tertiary alicyclic amines) is 1. The predicted octanol–water partition coefficient (Wildman–Crippen LogP) is 4.09. The minimum atomic E-state index is -1.16. The van der Waals surface area contributed by atoms with Crippen LogP contribution in [0.4, 0.5) is 0 Å². The molecule has 0 spiro atoms. The molecule has 1 aliphatic rings. The number of nitrogens with one attached hydrogen (secondary N) is 2. The van der Waals surface area contributed by atoms with Gasteiger partial charge < -0.3 is 54.1 Å². The van der Waals surface area contributed by atoms with Crippen molar-refractivity contribution in [3.63, 3.8) is 0 Å². The predicted molar refractivity (Wildman–Crippen MR) is 255 cm³/mol. The van der Waals surface area contributed by atoms with Gasteiger partial charge in [0.1, 0.15) is 18.1 Å². The Morgan fingerprint density at radius 3 is 2.01 bits per heavy atom. The Morgan fingerprint density at radius 1 is 0.853 bits per heavy atom. The lowest BCUT2D eigenvalue weighted by atomic mass is 9.89. The van der Waals surface area contributed by atoms with Crippen LogP contribution in [0.3, 0.4) is 0 Å². The molecule has 1 aliphatic heterocycles. The number of benzene rings is 1. The highest BCUT2D eigenvalue weighted by Gasteiger charge is 2.44. The van der Waals surface area contributed by atoms with Gasteiger partial charge in [-0.15, -0.1) is 0 Å². The van der Waals surface area contributed by atoms with E-state index in [1.807, 2.05) is 47.6 Å². The van der Waals surface area contributed by atoms with Crippen LogP contribution >= 0.6 is 0 Å². The van der Waals surface area contributed by atoms with Crippen molar-refractivity contribution in [3.05, 3.63) is 46.3 Å². The zero-order valence-electron chi connectivity index (χ0n) is 42.3. The maximum atomic E-state index is 14.6. The second-order valence-electron chi connectivity index (χ2n) is 18.1. The lowest BCUT2D eigenvalue weighted by molar-refractivity contribution is -0.149. The number of aliphatic carboxylic acids is 1. The second kappa shape index (κ2) is 31.3. The number of carboxylic acid groups (broad SMARTS) is 1. The first-order chi connectivity index (χ1) is 32.4. The lowest BCUT2D eigenvalue weighted by Crippen LogP contribution is -2.60. The van der Waals surface area contributed by atoms with Gasteiger partial charge in [0.15, 0.2) is 0 Å². The molecule has 68 heavy (non-hydrogen) atoms. The molecule has 0 aliphatic carbocycles. The van der Waals surface area contributed by atoms with Gasteiger partial charge in [0.2, 0.25) is 29.5 Å². The quantitative estimate of drug-likeness (QED) is 0.0390. The van der Waals surface area contributed by atoms with Crippen molar-refractivity contribution in [1.29, 1.82) is 0 Å². The summed E-state index contributed by atoms with van der Waals surface area (Å²) >= 11 is 0. The van der Waals surface area contributed by atoms with E-state index in [9.17, 15) is 33.9 Å². The number of nitrogens with zero attached hydrogens (tertiary/aromatic N) is 6. The van der Waals surface area contributed by atoms with Gasteiger partial charge in [0.05, 0.1) is 82.7 Å². The van der Waals surface area contributed by atoms with Crippen molar-refractivity contribution in [2.24, 2.45) is 28.8 Å². The maximum absolute atomic E-state index is 14.6. The first-order valence-corrected chi connectivity index (χ1v) is 23.8. The number of azide groups is 1. The molecule has 1 heterocycles. The molecule has 0 saturated carbocycles. The number of hydrogen-bond donors (Lipinski definition) is 3. The molecule has 0 aromatic heterocycles. The Labute approximate surface area is 403 Å². The summed E-state index contributed by atoms with van der Waals surface area (Å²) in [4.78, 5) is 89.3. The zero-order valence-corrected chi connectivity index (χ0v) is 42.3. The Hall–Kier alpha value is -4.85. The fraction of sp³-hybridized carbons (Fsp3) is 0.750. The number of carbonyl (C=O) groups excluding carboxylic acids is 5. The smallest absolute Gasteiger partial charge is 0.326 e. The van der Waals surface area contributed by atoms with Crippen molar-refractivity contribution >= 4 is 35.5 Å². The standard InChI is InChI=1S/C48H80N8O12/c1-12-33(6)43(38(64-10)30-40(58)56-22-16-19-37(56)44(65-11)34(7)45(59)51-36(48(62)63)29-35-17-14-13-15-18-35)55(9)47(61)41(31(2)3)52-46(60)42(32(4)5)54(8)39(57)20-23-66-25-27-68-28-26-67-24-21-50-53-49/h13-15,17-18,31-34,36-38,41-44H,12,16,19-30H2,1-11H3,(H,51,59)(H,52,60)(H,62,63)/t33-,34+,36-,37-,38+,41-,42-,43-,44+/m0/s1. The Balaban J connectivity index is 2.14. The number of carbonyl (C=O) groups is 6. The van der Waals surface area contributed by atoms with Crippen molar-refractivity contribution in [1.82, 2.24) is 25.3 Å². The SMILES string of the molecule is CC[C@H](C)[C@@H]([C@@H](CC(=O)N1CCC[C@H]1[C@H](OC)[C@@H](C)C(=O)N[C@@H](Cc1ccccc1)C(=O)O)OC)N(C)C(=O)[C@@H](NC(=O)[C@H](C(C)C)N(C)C(=O)CCOCCOCCOCCN=[N+]=[N-])C(C)C. The number of likely N-dealkylation sites (N-methyl/N-ethyl adjacent to an activating group) is 2. The van der Waals surface area contributed by atoms with Crippen LogP contribution in [0, 0.1) is 23.7 Å². The van der Waals surface area contributed by atoms with Crippen molar-refractivity contribution in [2.45, 2.75) is 129 Å². The van der Waals surface area contributed by atoms with Gasteiger partial charge in [0.25, 0.3) is 0 Å². The number of amides is 5. The normalized spacial score (nSPS) is 17.2. The van der Waals surface area contributed by atoms with E-state index in [1.54, 1.807) is 55.1 Å². The molecule has 1 saturated heterocycles. The summed E-state index contributed by atoms with van der Waals surface area (Å²) in [5.41, 5.74) is 9.05. The molecular formula is C48H80N8O12. The number of methoxy groups -OCH3 is 2. The summed E-state index contributed by atoms with van der Waals surface area (Å²) < 4.78 is 28.2. The highest BCUT2D eigenvalue weighted by Crippen LogP contribution is 2.30. The van der Waals surface area contributed by atoms with Gasteiger partial charge in [-0.1, -0.05) is 90.3 Å². The number of hydrogen-bond acceptors (Lipinski definition) is 12. The van der Waals surface area contributed by atoms with Gasteiger partial charge in [-0.2, -0.15) is 0 Å². The van der Waals surface area contributed by atoms with Crippen LogP contribution in [0.1, 0.15) is 86.1 Å². The van der Waals surface area contributed by atoms with E-state index in [0.29, 0.717) is 52.2 Å². The van der Waals surface area contributed by atoms with Crippen LogP contribution in [0.2, 0.25) is 0 Å². The highest BCUT2D eigenvalue weighted by molar-refractivity contribution is 5.92. The summed E-state index contributed by atoms with van der Waals surface area (Å²) in [5, 5.41) is 19.0. The molecule has 3 N–H and O–H groups in total. The third kappa shape index (κ3) is 18.6. The highest BCUT2D eigenvalue weighted by atomic mass is 16.5. The summed E-state index contributed by atoms with van der Waals surface area (Å²) in [6.07, 6.45) is 0.452. The lowest BCUT2D eigenvalue weighted by Gasteiger charge is -2.41. The number of rotatable bonds is 33. The molecule has 0 bridgehead atoms. The topological polar surface area (TPSA) is 251 Å². The largest absolute Gasteiger partial charge is 0.480 e. The molecule has 2 rings (SSSR count). The maximum Gasteiger partial charge on any atom is 0.326 e. The first kappa shape index (κ1) is 59.3. The summed E-state index contributed by atoms with van der Waals surface area (Å²) in [6.45, 7) is 15.3. The molecule has 9 atom stereocenters. The molecule has 5 amide bonds. The van der Waals surface area contributed by atoms with E-state index < -0.39 is 66.1 Å². The molecule has 1 aromatic carbocycles. The van der Waals surface area contributed by atoms with Crippen LogP contribution in [0.15, 0.2) is 35.4 Å². The minimum Gasteiger partial charge on any atom is -0.480 e. The molecule has 0 unspecified atom stereocenters. The van der Waals surface area contributed by atoms with Gasteiger partial charge >= 0.3 is 5.97 Å². The summed E-state index contributed by atoms with van der Waals surface area (Å²) in [7, 11) is 6.19. The van der Waals surface area contributed by atoms with Gasteiger partial charge in [0, 0.05) is 52.7 Å². The van der Waals surface area contributed by atoms with Gasteiger partial charge in [-0.3, -0.25) is 24.0 Å². The third-order valence-corrected chi connectivity index (χ3v) is 12.7. The Morgan fingerprint density at radius 2 is 1.47 bits per heavy atom. The second-order valence-corrected chi connectivity index (χ2v) is 18.1. The zero-order chi connectivity index (χ0) is 50.9. The van der Waals surface area contributed by atoms with Crippen LogP contribution < -0.4 is 10.6 Å². The molecule has 384 valence electrons. The van der Waals surface area contributed by atoms with Crippen LogP contribution in [-0.2, 0) is 58.9 Å². The van der Waals surface area contributed by atoms with Crippen LogP contribution in [0.5, 0.6) is 0 Å². The molecular weight excluding hydrogens is 881 g/mol. The summed E-state index contributed by atoms with van der Waals surface area (Å²) in [5.74, 6) is -4.62. The van der Waals surface area contributed by atoms with E-state index in [2.05, 4.69) is 20.7 Å².